The van der Waals surface area contributed by atoms with E-state index < -0.39 is 15.6 Å². The van der Waals surface area contributed by atoms with E-state index in [0.717, 1.165) is 13.0 Å². The molecule has 0 spiro atoms. The first-order chi connectivity index (χ1) is 8.41. The fourth-order valence-corrected chi connectivity index (χ4v) is 3.84. The third kappa shape index (κ3) is 3.91. The standard InChI is InChI=1S/C12H24N2O3S/c1-10-12(2,6-8-17-10)14-18(15,16)9-3-7-13-11-4-5-11/h10-11,13-14H,3-9H2,1-2H3. The van der Waals surface area contributed by atoms with Gasteiger partial charge in [0, 0.05) is 12.6 Å². The average Bonchev–Trinajstić information content (AvgIpc) is 3.02. The van der Waals surface area contributed by atoms with Gasteiger partial charge >= 0.3 is 0 Å². The molecule has 2 rings (SSSR count). The lowest BCUT2D eigenvalue weighted by Crippen LogP contribution is -2.51. The minimum Gasteiger partial charge on any atom is -0.376 e. The molecule has 2 fully saturated rings. The van der Waals surface area contributed by atoms with Gasteiger partial charge in [-0.15, -0.1) is 0 Å². The van der Waals surface area contributed by atoms with Gasteiger partial charge in [-0.1, -0.05) is 0 Å². The summed E-state index contributed by atoms with van der Waals surface area (Å²) in [5, 5.41) is 3.32. The number of hydrogen-bond donors (Lipinski definition) is 2. The van der Waals surface area contributed by atoms with Gasteiger partial charge in [0.2, 0.25) is 10.0 Å². The van der Waals surface area contributed by atoms with Crippen molar-refractivity contribution in [1.82, 2.24) is 10.0 Å². The zero-order valence-corrected chi connectivity index (χ0v) is 12.1. The van der Waals surface area contributed by atoms with Crippen LogP contribution in [-0.2, 0) is 14.8 Å². The van der Waals surface area contributed by atoms with E-state index in [4.69, 9.17) is 4.74 Å². The molecule has 0 aromatic rings. The third-order valence-corrected chi connectivity index (χ3v) is 5.48. The molecule has 1 heterocycles. The van der Waals surface area contributed by atoms with Crippen molar-refractivity contribution < 1.29 is 13.2 Å². The van der Waals surface area contributed by atoms with Gasteiger partial charge in [0.25, 0.3) is 0 Å². The lowest BCUT2D eigenvalue weighted by molar-refractivity contribution is 0.0957. The normalized spacial score (nSPS) is 32.9. The van der Waals surface area contributed by atoms with Crippen molar-refractivity contribution in [3.8, 4) is 0 Å². The van der Waals surface area contributed by atoms with Crippen LogP contribution in [0.4, 0.5) is 0 Å². The SMILES string of the molecule is CC1OCCC1(C)NS(=O)(=O)CCCNC1CC1. The van der Waals surface area contributed by atoms with Crippen LogP contribution in [0.3, 0.4) is 0 Å². The zero-order chi connectivity index (χ0) is 13.2. The summed E-state index contributed by atoms with van der Waals surface area (Å²) in [5.74, 6) is 0.190. The highest BCUT2D eigenvalue weighted by Crippen LogP contribution is 2.26. The highest BCUT2D eigenvalue weighted by Gasteiger charge is 2.39. The Bertz CT molecular complexity index is 381. The summed E-state index contributed by atoms with van der Waals surface area (Å²) in [6, 6.07) is 0.640. The smallest absolute Gasteiger partial charge is 0.212 e. The van der Waals surface area contributed by atoms with Crippen molar-refractivity contribution in [1.29, 1.82) is 0 Å². The first-order valence-corrected chi connectivity index (χ1v) is 8.43. The van der Waals surface area contributed by atoms with E-state index in [9.17, 15) is 8.42 Å². The van der Waals surface area contributed by atoms with E-state index in [2.05, 4.69) is 10.0 Å². The van der Waals surface area contributed by atoms with Crippen LogP contribution in [-0.4, -0.2) is 45.0 Å². The summed E-state index contributed by atoms with van der Waals surface area (Å²) in [5.41, 5.74) is -0.442. The van der Waals surface area contributed by atoms with Crippen LogP contribution in [0.1, 0.15) is 39.5 Å². The Kier molecular flexibility index (Phi) is 4.31. The molecule has 0 amide bonds. The monoisotopic (exact) mass is 276 g/mol. The molecule has 2 unspecified atom stereocenters. The molecule has 0 aromatic carbocycles. The van der Waals surface area contributed by atoms with Crippen molar-refractivity contribution in [2.75, 3.05) is 18.9 Å². The van der Waals surface area contributed by atoms with Gasteiger partial charge < -0.3 is 10.1 Å². The van der Waals surface area contributed by atoms with Crippen molar-refractivity contribution in [2.45, 2.75) is 57.2 Å². The lowest BCUT2D eigenvalue weighted by atomic mass is 9.97. The number of nitrogens with one attached hydrogen (secondary N) is 2. The third-order valence-electron chi connectivity index (χ3n) is 3.88. The molecule has 1 saturated carbocycles. The predicted molar refractivity (Wildman–Crippen MR) is 71.0 cm³/mol. The van der Waals surface area contributed by atoms with Gasteiger partial charge in [-0.2, -0.15) is 0 Å². The molecule has 106 valence electrons. The van der Waals surface area contributed by atoms with Crippen molar-refractivity contribution in [3.63, 3.8) is 0 Å². The molecule has 1 saturated heterocycles. The Morgan fingerprint density at radius 3 is 2.67 bits per heavy atom. The number of sulfonamides is 1. The molecule has 1 aliphatic heterocycles. The second-order valence-electron chi connectivity index (χ2n) is 5.68. The highest BCUT2D eigenvalue weighted by atomic mass is 32.2. The summed E-state index contributed by atoms with van der Waals surface area (Å²) < 4.78 is 32.3. The van der Waals surface area contributed by atoms with Crippen molar-refractivity contribution >= 4 is 10.0 Å². The molecule has 18 heavy (non-hydrogen) atoms. The fourth-order valence-electron chi connectivity index (χ4n) is 2.23. The van der Waals surface area contributed by atoms with E-state index in [1.165, 1.54) is 12.8 Å². The van der Waals surface area contributed by atoms with Crippen molar-refractivity contribution in [3.05, 3.63) is 0 Å². The van der Waals surface area contributed by atoms with Crippen molar-refractivity contribution in [2.24, 2.45) is 0 Å². The molecule has 0 bridgehead atoms. The summed E-state index contributed by atoms with van der Waals surface area (Å²) in [4.78, 5) is 0. The maximum Gasteiger partial charge on any atom is 0.212 e. The Hall–Kier alpha value is -0.170. The quantitative estimate of drug-likeness (QED) is 0.669. The van der Waals surface area contributed by atoms with Gasteiger partial charge in [-0.25, -0.2) is 13.1 Å². The van der Waals surface area contributed by atoms with Gasteiger partial charge in [0.15, 0.2) is 0 Å². The van der Waals surface area contributed by atoms with Gasteiger partial charge in [0.05, 0.1) is 17.4 Å². The summed E-state index contributed by atoms with van der Waals surface area (Å²) in [6.45, 7) is 5.26. The Morgan fingerprint density at radius 2 is 2.11 bits per heavy atom. The van der Waals surface area contributed by atoms with E-state index in [-0.39, 0.29) is 11.9 Å². The average molecular weight is 276 g/mol. The largest absolute Gasteiger partial charge is 0.376 e. The van der Waals surface area contributed by atoms with E-state index >= 15 is 0 Å². The maximum atomic E-state index is 12.0. The number of hydrogen-bond acceptors (Lipinski definition) is 4. The van der Waals surface area contributed by atoms with Crippen LogP contribution in [0, 0.1) is 0 Å². The summed E-state index contributed by atoms with van der Waals surface area (Å²) in [6.07, 6.45) is 3.82. The molecule has 1 aliphatic carbocycles. The molecule has 2 N–H and O–H groups in total. The Morgan fingerprint density at radius 1 is 1.39 bits per heavy atom. The first-order valence-electron chi connectivity index (χ1n) is 6.78. The van der Waals surface area contributed by atoms with Crippen LogP contribution in [0.2, 0.25) is 0 Å². The van der Waals surface area contributed by atoms with E-state index in [0.29, 0.717) is 19.1 Å². The predicted octanol–water partition coefficient (Wildman–Crippen LogP) is 0.615. The molecule has 6 heteroatoms. The Balaban J connectivity index is 1.75. The van der Waals surface area contributed by atoms with E-state index in [1.54, 1.807) is 0 Å². The maximum absolute atomic E-state index is 12.0. The zero-order valence-electron chi connectivity index (χ0n) is 11.2. The van der Waals surface area contributed by atoms with Crippen LogP contribution in [0.15, 0.2) is 0 Å². The van der Waals surface area contributed by atoms with Crippen LogP contribution in [0.5, 0.6) is 0 Å². The van der Waals surface area contributed by atoms with Crippen LogP contribution >= 0.6 is 0 Å². The van der Waals surface area contributed by atoms with Crippen LogP contribution < -0.4 is 10.0 Å². The summed E-state index contributed by atoms with van der Waals surface area (Å²) in [7, 11) is -3.20. The minimum atomic E-state index is -3.20. The lowest BCUT2D eigenvalue weighted by Gasteiger charge is -2.28. The Labute approximate surface area is 110 Å². The van der Waals surface area contributed by atoms with Gasteiger partial charge in [-0.05, 0) is 46.1 Å². The molecular formula is C12H24N2O3S. The number of ether oxygens (including phenoxy) is 1. The summed E-state index contributed by atoms with van der Waals surface area (Å²) >= 11 is 0. The molecule has 0 aromatic heterocycles. The molecule has 0 radical (unpaired) electrons. The second-order valence-corrected chi connectivity index (χ2v) is 7.53. The molecule has 5 nitrogen and oxygen atoms in total. The highest BCUT2D eigenvalue weighted by molar-refractivity contribution is 7.89. The second kappa shape index (κ2) is 5.45. The van der Waals surface area contributed by atoms with E-state index in [1.807, 2.05) is 13.8 Å². The number of rotatable bonds is 7. The fraction of sp³-hybridized carbons (Fsp3) is 1.00. The van der Waals surface area contributed by atoms with Gasteiger partial charge in [-0.3, -0.25) is 0 Å². The molecular weight excluding hydrogens is 252 g/mol. The minimum absolute atomic E-state index is 0.0585. The van der Waals surface area contributed by atoms with Crippen LogP contribution in [0.25, 0.3) is 0 Å². The molecule has 2 aliphatic rings. The van der Waals surface area contributed by atoms with Gasteiger partial charge in [0.1, 0.15) is 0 Å². The molecule has 2 atom stereocenters. The topological polar surface area (TPSA) is 67.4 Å². The first kappa shape index (κ1) is 14.2.